The number of hydrogen-bond acceptors (Lipinski definition) is 5. The fraction of sp³-hybridized carbons (Fsp3) is 0.238. The predicted octanol–water partition coefficient (Wildman–Crippen LogP) is 3.40. The number of sulfonamides is 1. The highest BCUT2D eigenvalue weighted by molar-refractivity contribution is 7.90. The van der Waals surface area contributed by atoms with Crippen LogP contribution in [0.15, 0.2) is 70.6 Å². The molecule has 1 aliphatic rings. The third kappa shape index (κ3) is 5.79. The highest BCUT2D eigenvalue weighted by atomic mass is 32.2. The van der Waals surface area contributed by atoms with Crippen molar-refractivity contribution in [1.82, 2.24) is 4.72 Å². The molecule has 2 aromatic rings. The first-order chi connectivity index (χ1) is 13.6. The number of ether oxygens (including phenoxy) is 1. The molecule has 0 aromatic heterocycles. The van der Waals surface area contributed by atoms with Gasteiger partial charge in [0.05, 0.1) is 11.5 Å². The zero-order valence-electron chi connectivity index (χ0n) is 16.0. The van der Waals surface area contributed by atoms with Crippen LogP contribution in [0.25, 0.3) is 6.08 Å². The molecule has 0 spiro atoms. The third-order valence-corrected chi connectivity index (χ3v) is 5.09. The molecule has 1 N–H and O–H groups in total. The van der Waals surface area contributed by atoms with Crippen molar-refractivity contribution in [2.24, 2.45) is 4.99 Å². The molecule has 0 bridgehead atoms. The number of rotatable bonds is 6. The van der Waals surface area contributed by atoms with Gasteiger partial charge in [0, 0.05) is 24.6 Å². The molecule has 6 nitrogen and oxygen atoms in total. The lowest BCUT2D eigenvalue weighted by Gasteiger charge is -2.01. The van der Waals surface area contributed by atoms with E-state index in [2.05, 4.69) is 9.71 Å². The van der Waals surface area contributed by atoms with E-state index in [4.69, 9.17) is 4.74 Å². The van der Waals surface area contributed by atoms with Crippen molar-refractivity contribution in [2.75, 3.05) is 13.2 Å². The quantitative estimate of drug-likeness (QED) is 0.458. The molecule has 1 aliphatic heterocycles. The molecule has 0 saturated carbocycles. The number of fused-ring (bicyclic) bond motifs is 1. The minimum absolute atomic E-state index is 0.211. The Hall–Kier alpha value is -2.93. The summed E-state index contributed by atoms with van der Waals surface area (Å²) < 4.78 is 31.5. The number of esters is 1. The normalized spacial score (nSPS) is 15.4. The van der Waals surface area contributed by atoms with Gasteiger partial charge in [-0.2, -0.15) is 0 Å². The molecule has 0 amide bonds. The molecule has 28 heavy (non-hydrogen) atoms. The van der Waals surface area contributed by atoms with Gasteiger partial charge < -0.3 is 4.74 Å². The zero-order chi connectivity index (χ0) is 20.4. The van der Waals surface area contributed by atoms with Crippen LogP contribution in [0.2, 0.25) is 0 Å². The molecule has 3 rings (SSSR count). The number of aliphatic imine (C=N–C) groups is 1. The van der Waals surface area contributed by atoms with Crippen LogP contribution < -0.4 is 4.72 Å². The molecule has 0 saturated heterocycles. The van der Waals surface area contributed by atoms with Crippen LogP contribution in [0.3, 0.4) is 0 Å². The molecule has 1 heterocycles. The van der Waals surface area contributed by atoms with E-state index < -0.39 is 16.0 Å². The van der Waals surface area contributed by atoms with Crippen molar-refractivity contribution >= 4 is 27.9 Å². The summed E-state index contributed by atoms with van der Waals surface area (Å²) in [5.74, 6) is -0.0932. The SMILES string of the molecule is CC.O=C(/C=C/c1ccccc1)OCCCN=C1NS(=O)(=O)c2ccccc21. The number of amidine groups is 1. The number of nitrogens with one attached hydrogen (secondary N) is 1. The van der Waals surface area contributed by atoms with Gasteiger partial charge in [0.25, 0.3) is 10.0 Å². The molecular weight excluding hydrogens is 376 g/mol. The first-order valence-electron chi connectivity index (χ1n) is 9.13. The average molecular weight is 401 g/mol. The summed E-state index contributed by atoms with van der Waals surface area (Å²) in [7, 11) is -3.52. The lowest BCUT2D eigenvalue weighted by molar-refractivity contribution is -0.137. The van der Waals surface area contributed by atoms with Gasteiger partial charge in [-0.05, 0) is 23.8 Å². The zero-order valence-corrected chi connectivity index (χ0v) is 16.8. The smallest absolute Gasteiger partial charge is 0.330 e. The second-order valence-electron chi connectivity index (χ2n) is 5.60. The summed E-state index contributed by atoms with van der Waals surface area (Å²) in [6.45, 7) is 4.56. The van der Waals surface area contributed by atoms with Crippen LogP contribution in [-0.4, -0.2) is 33.4 Å². The highest BCUT2D eigenvalue weighted by Gasteiger charge is 2.29. The number of carbonyl (C=O) groups is 1. The van der Waals surface area contributed by atoms with Gasteiger partial charge >= 0.3 is 5.97 Å². The Labute approximate surface area is 166 Å². The summed E-state index contributed by atoms with van der Waals surface area (Å²) in [5, 5.41) is 0. The lowest BCUT2D eigenvalue weighted by atomic mass is 10.2. The molecule has 2 aromatic carbocycles. The number of nitrogens with zero attached hydrogens (tertiary/aromatic N) is 1. The van der Waals surface area contributed by atoms with E-state index in [0.717, 1.165) is 5.56 Å². The maximum Gasteiger partial charge on any atom is 0.330 e. The van der Waals surface area contributed by atoms with Gasteiger partial charge in [0.2, 0.25) is 0 Å². The van der Waals surface area contributed by atoms with Crippen molar-refractivity contribution in [2.45, 2.75) is 25.2 Å². The summed E-state index contributed by atoms with van der Waals surface area (Å²) in [5.41, 5.74) is 1.48. The Morgan fingerprint density at radius 3 is 2.50 bits per heavy atom. The highest BCUT2D eigenvalue weighted by Crippen LogP contribution is 2.22. The van der Waals surface area contributed by atoms with E-state index in [-0.39, 0.29) is 11.5 Å². The number of carbonyl (C=O) groups excluding carboxylic acids is 1. The van der Waals surface area contributed by atoms with Gasteiger partial charge in [0.1, 0.15) is 5.84 Å². The third-order valence-electron chi connectivity index (χ3n) is 3.69. The Kier molecular flexibility index (Phi) is 7.95. The molecule has 148 valence electrons. The fourth-order valence-corrected chi connectivity index (χ4v) is 3.71. The van der Waals surface area contributed by atoms with Crippen LogP contribution in [0, 0.1) is 0 Å². The van der Waals surface area contributed by atoms with E-state index in [0.29, 0.717) is 24.4 Å². The monoisotopic (exact) mass is 400 g/mol. The van der Waals surface area contributed by atoms with E-state index in [1.807, 2.05) is 44.2 Å². The molecule has 0 radical (unpaired) electrons. The van der Waals surface area contributed by atoms with Crippen LogP contribution in [0.5, 0.6) is 0 Å². The van der Waals surface area contributed by atoms with E-state index in [1.54, 1.807) is 30.3 Å². The Balaban J connectivity index is 0.00000136. The van der Waals surface area contributed by atoms with Crippen LogP contribution in [-0.2, 0) is 19.6 Å². The summed E-state index contributed by atoms with van der Waals surface area (Å²) in [6.07, 6.45) is 3.56. The van der Waals surface area contributed by atoms with Crippen molar-refractivity contribution < 1.29 is 17.9 Å². The van der Waals surface area contributed by atoms with Gasteiger partial charge in [-0.3, -0.25) is 9.71 Å². The Morgan fingerprint density at radius 2 is 1.75 bits per heavy atom. The average Bonchev–Trinajstić information content (AvgIpc) is 2.99. The molecule has 7 heteroatoms. The van der Waals surface area contributed by atoms with Crippen LogP contribution in [0.4, 0.5) is 0 Å². The maximum absolute atomic E-state index is 12.0. The van der Waals surface area contributed by atoms with Crippen molar-refractivity contribution in [3.63, 3.8) is 0 Å². The van der Waals surface area contributed by atoms with Gasteiger partial charge in [-0.1, -0.05) is 56.3 Å². The first-order valence-corrected chi connectivity index (χ1v) is 10.6. The van der Waals surface area contributed by atoms with Crippen molar-refractivity contribution in [3.8, 4) is 0 Å². The Morgan fingerprint density at radius 1 is 1.07 bits per heavy atom. The number of hydrogen-bond donors (Lipinski definition) is 1. The van der Waals surface area contributed by atoms with E-state index >= 15 is 0 Å². The van der Waals surface area contributed by atoms with E-state index in [1.165, 1.54) is 6.08 Å². The first kappa shape index (κ1) is 21.4. The molecule has 0 aliphatic carbocycles. The summed E-state index contributed by atoms with van der Waals surface area (Å²) in [6, 6.07) is 16.1. The second kappa shape index (κ2) is 10.4. The van der Waals surface area contributed by atoms with Gasteiger partial charge in [-0.15, -0.1) is 0 Å². The predicted molar refractivity (Wildman–Crippen MR) is 111 cm³/mol. The lowest BCUT2D eigenvalue weighted by Crippen LogP contribution is -2.22. The maximum atomic E-state index is 12.0. The summed E-state index contributed by atoms with van der Waals surface area (Å²) in [4.78, 5) is 16.1. The minimum atomic E-state index is -3.52. The van der Waals surface area contributed by atoms with Crippen LogP contribution in [0.1, 0.15) is 31.4 Å². The molecule has 0 unspecified atom stereocenters. The van der Waals surface area contributed by atoms with Crippen molar-refractivity contribution in [3.05, 3.63) is 71.8 Å². The molecule has 0 atom stereocenters. The second-order valence-corrected chi connectivity index (χ2v) is 7.25. The summed E-state index contributed by atoms with van der Waals surface area (Å²) >= 11 is 0. The standard InChI is InChI=1S/C19H18N2O4S.C2H6/c22-18(12-11-15-7-2-1-3-8-15)25-14-6-13-20-19-16-9-4-5-10-17(16)26(23,24)21-19;1-2/h1-5,7-12H,6,13-14H2,(H,20,21);1-2H3/b12-11+;. The minimum Gasteiger partial charge on any atom is -0.462 e. The topological polar surface area (TPSA) is 84.8 Å². The van der Waals surface area contributed by atoms with Gasteiger partial charge in [-0.25, -0.2) is 13.2 Å². The largest absolute Gasteiger partial charge is 0.462 e. The molecular formula is C21H24N2O4S. The Bertz CT molecular complexity index is 951. The van der Waals surface area contributed by atoms with Gasteiger partial charge in [0.15, 0.2) is 0 Å². The van der Waals surface area contributed by atoms with Crippen LogP contribution >= 0.6 is 0 Å². The number of benzene rings is 2. The van der Waals surface area contributed by atoms with Crippen molar-refractivity contribution in [1.29, 1.82) is 0 Å². The van der Waals surface area contributed by atoms with E-state index in [9.17, 15) is 13.2 Å². The fourth-order valence-electron chi connectivity index (χ4n) is 2.46. The molecule has 0 fully saturated rings.